The van der Waals surface area contributed by atoms with Gasteiger partial charge in [0.25, 0.3) is 5.91 Å². The van der Waals surface area contributed by atoms with E-state index < -0.39 is 0 Å². The van der Waals surface area contributed by atoms with Crippen LogP contribution in [-0.2, 0) is 6.61 Å². The first-order chi connectivity index (χ1) is 11.2. The molecule has 0 saturated heterocycles. The summed E-state index contributed by atoms with van der Waals surface area (Å²) in [5.74, 6) is 0.559. The van der Waals surface area contributed by atoms with Crippen LogP contribution in [0.15, 0.2) is 48.8 Å². The van der Waals surface area contributed by atoms with Crippen LogP contribution >= 0.6 is 0 Å². The normalized spacial score (nSPS) is 10.7. The summed E-state index contributed by atoms with van der Waals surface area (Å²) in [5, 5.41) is 2.78. The van der Waals surface area contributed by atoms with E-state index in [0.29, 0.717) is 24.5 Å². The average molecular weight is 309 g/mol. The Morgan fingerprint density at radius 2 is 2.17 bits per heavy atom. The lowest BCUT2D eigenvalue weighted by molar-refractivity contribution is 0.0955. The van der Waals surface area contributed by atoms with Crippen molar-refractivity contribution >= 4 is 11.6 Å². The van der Waals surface area contributed by atoms with Crippen LogP contribution in [0.1, 0.15) is 28.5 Å². The zero-order valence-electron chi connectivity index (χ0n) is 13.2. The third kappa shape index (κ3) is 3.34. The fraction of sp³-hybridized carbons (Fsp3) is 0.222. The molecule has 0 radical (unpaired) electrons. The highest BCUT2D eigenvalue weighted by molar-refractivity contribution is 5.94. The summed E-state index contributed by atoms with van der Waals surface area (Å²) in [7, 11) is 0. The third-order valence-electron chi connectivity index (χ3n) is 3.55. The molecule has 0 aliphatic rings. The number of nitrogens with zero attached hydrogens (tertiary/aromatic N) is 2. The lowest BCUT2D eigenvalue weighted by atomic mass is 10.2. The summed E-state index contributed by atoms with van der Waals surface area (Å²) in [5.41, 5.74) is 3.50. The molecule has 1 amide bonds. The topological polar surface area (TPSA) is 55.6 Å². The van der Waals surface area contributed by atoms with Gasteiger partial charge in [0.05, 0.1) is 5.69 Å². The first kappa shape index (κ1) is 15.1. The molecule has 0 spiro atoms. The van der Waals surface area contributed by atoms with Gasteiger partial charge in [0.15, 0.2) is 0 Å². The maximum atomic E-state index is 11.8. The summed E-state index contributed by atoms with van der Waals surface area (Å²) in [6, 6.07) is 11.2. The number of amides is 1. The van der Waals surface area contributed by atoms with Crippen molar-refractivity contribution in [2.24, 2.45) is 0 Å². The second-order valence-corrected chi connectivity index (χ2v) is 5.33. The van der Waals surface area contributed by atoms with Crippen LogP contribution in [0.4, 0.5) is 0 Å². The highest BCUT2D eigenvalue weighted by Gasteiger charge is 2.07. The second-order valence-electron chi connectivity index (χ2n) is 5.33. The number of aryl methyl sites for hydroxylation is 1. The Kier molecular flexibility index (Phi) is 4.28. The molecule has 3 rings (SSSR count). The predicted molar refractivity (Wildman–Crippen MR) is 88.7 cm³/mol. The van der Waals surface area contributed by atoms with Crippen molar-refractivity contribution in [2.45, 2.75) is 20.5 Å². The summed E-state index contributed by atoms with van der Waals surface area (Å²) in [6.07, 6.45) is 3.92. The van der Waals surface area contributed by atoms with Crippen LogP contribution in [0.25, 0.3) is 5.65 Å². The molecular weight excluding hydrogens is 290 g/mol. The first-order valence-electron chi connectivity index (χ1n) is 7.61. The zero-order chi connectivity index (χ0) is 16.2. The van der Waals surface area contributed by atoms with Gasteiger partial charge in [-0.25, -0.2) is 4.98 Å². The molecule has 118 valence electrons. The third-order valence-corrected chi connectivity index (χ3v) is 3.55. The van der Waals surface area contributed by atoms with E-state index in [1.54, 1.807) is 12.1 Å². The van der Waals surface area contributed by atoms with Crippen LogP contribution < -0.4 is 10.1 Å². The fourth-order valence-electron chi connectivity index (χ4n) is 2.42. The van der Waals surface area contributed by atoms with Gasteiger partial charge < -0.3 is 14.5 Å². The molecule has 0 saturated carbocycles. The van der Waals surface area contributed by atoms with Gasteiger partial charge in [0, 0.05) is 24.5 Å². The van der Waals surface area contributed by atoms with E-state index in [0.717, 1.165) is 16.9 Å². The molecule has 1 N–H and O–H groups in total. The molecule has 3 aromatic rings. The highest BCUT2D eigenvalue weighted by atomic mass is 16.5. The second kappa shape index (κ2) is 6.52. The van der Waals surface area contributed by atoms with Crippen LogP contribution in [-0.4, -0.2) is 21.8 Å². The Morgan fingerprint density at radius 3 is 2.96 bits per heavy atom. The van der Waals surface area contributed by atoms with E-state index in [-0.39, 0.29) is 5.91 Å². The predicted octanol–water partition coefficient (Wildman–Crippen LogP) is 2.97. The fourth-order valence-corrected chi connectivity index (χ4v) is 2.42. The smallest absolute Gasteiger partial charge is 0.251 e. The number of rotatable bonds is 5. The highest BCUT2D eigenvalue weighted by Crippen LogP contribution is 2.16. The Morgan fingerprint density at radius 1 is 1.30 bits per heavy atom. The van der Waals surface area contributed by atoms with Crippen molar-refractivity contribution in [3.63, 3.8) is 0 Å². The van der Waals surface area contributed by atoms with E-state index in [4.69, 9.17) is 4.74 Å². The number of carbonyl (C=O) groups is 1. The maximum absolute atomic E-state index is 11.8. The van der Waals surface area contributed by atoms with Gasteiger partial charge in [0.2, 0.25) is 0 Å². The monoisotopic (exact) mass is 309 g/mol. The molecule has 0 fully saturated rings. The summed E-state index contributed by atoms with van der Waals surface area (Å²) >= 11 is 0. The van der Waals surface area contributed by atoms with Gasteiger partial charge >= 0.3 is 0 Å². The Hall–Kier alpha value is -2.82. The van der Waals surface area contributed by atoms with Gasteiger partial charge in [-0.2, -0.15) is 0 Å². The minimum absolute atomic E-state index is 0.0960. The van der Waals surface area contributed by atoms with Crippen LogP contribution in [0.3, 0.4) is 0 Å². The number of benzene rings is 1. The lowest BCUT2D eigenvalue weighted by Crippen LogP contribution is -2.22. The first-order valence-corrected chi connectivity index (χ1v) is 7.61. The van der Waals surface area contributed by atoms with Gasteiger partial charge in [0.1, 0.15) is 18.0 Å². The van der Waals surface area contributed by atoms with Crippen molar-refractivity contribution in [1.82, 2.24) is 14.7 Å². The molecular formula is C18H19N3O2. The van der Waals surface area contributed by atoms with Gasteiger partial charge in [-0.3, -0.25) is 4.79 Å². The standard InChI is InChI=1S/C18H19N3O2/c1-3-19-18(22)14-7-4-8-16(10-14)23-12-15-11-21-9-5-6-13(2)17(21)20-15/h4-11H,3,12H2,1-2H3,(H,19,22). The van der Waals surface area contributed by atoms with Crippen molar-refractivity contribution in [1.29, 1.82) is 0 Å². The maximum Gasteiger partial charge on any atom is 0.251 e. The molecule has 23 heavy (non-hydrogen) atoms. The number of hydrogen-bond acceptors (Lipinski definition) is 3. The Bertz CT molecular complexity index is 839. The van der Waals surface area contributed by atoms with Gasteiger partial charge in [-0.05, 0) is 43.7 Å². The zero-order valence-corrected chi connectivity index (χ0v) is 13.2. The number of carbonyl (C=O) groups excluding carboxylic acids is 1. The van der Waals surface area contributed by atoms with Crippen LogP contribution in [0, 0.1) is 6.92 Å². The Labute approximate surface area is 134 Å². The number of imidazole rings is 1. The number of aromatic nitrogens is 2. The number of pyridine rings is 1. The molecule has 1 aromatic carbocycles. The molecule has 2 aromatic heterocycles. The summed E-state index contributed by atoms with van der Waals surface area (Å²) in [4.78, 5) is 16.4. The molecule has 0 bridgehead atoms. The van der Waals surface area contributed by atoms with Crippen molar-refractivity contribution in [3.05, 3.63) is 65.6 Å². The van der Waals surface area contributed by atoms with Gasteiger partial charge in [-0.1, -0.05) is 12.1 Å². The quantitative estimate of drug-likeness (QED) is 0.788. The van der Waals surface area contributed by atoms with E-state index in [2.05, 4.69) is 10.3 Å². The molecule has 5 heteroatoms. The number of ether oxygens (including phenoxy) is 1. The SMILES string of the molecule is CCNC(=O)c1cccc(OCc2cn3cccc(C)c3n2)c1. The Balaban J connectivity index is 1.73. The molecule has 0 atom stereocenters. The number of nitrogens with one attached hydrogen (secondary N) is 1. The number of fused-ring (bicyclic) bond motifs is 1. The van der Waals surface area contributed by atoms with E-state index in [1.807, 2.05) is 54.9 Å². The van der Waals surface area contributed by atoms with Crippen molar-refractivity contribution in [3.8, 4) is 5.75 Å². The molecule has 0 aliphatic carbocycles. The van der Waals surface area contributed by atoms with Crippen molar-refractivity contribution in [2.75, 3.05) is 6.54 Å². The van der Waals surface area contributed by atoms with Gasteiger partial charge in [-0.15, -0.1) is 0 Å². The molecule has 0 unspecified atom stereocenters. The minimum Gasteiger partial charge on any atom is -0.487 e. The van der Waals surface area contributed by atoms with E-state index in [9.17, 15) is 4.79 Å². The molecule has 5 nitrogen and oxygen atoms in total. The van der Waals surface area contributed by atoms with Crippen LogP contribution in [0.2, 0.25) is 0 Å². The van der Waals surface area contributed by atoms with E-state index in [1.165, 1.54) is 0 Å². The van der Waals surface area contributed by atoms with Crippen molar-refractivity contribution < 1.29 is 9.53 Å². The van der Waals surface area contributed by atoms with Crippen LogP contribution in [0.5, 0.6) is 5.75 Å². The average Bonchev–Trinajstić information content (AvgIpc) is 2.98. The molecule has 0 aliphatic heterocycles. The molecule has 2 heterocycles. The lowest BCUT2D eigenvalue weighted by Gasteiger charge is -2.06. The minimum atomic E-state index is -0.0960. The van der Waals surface area contributed by atoms with E-state index >= 15 is 0 Å². The summed E-state index contributed by atoms with van der Waals surface area (Å²) in [6.45, 7) is 4.89. The summed E-state index contributed by atoms with van der Waals surface area (Å²) < 4.78 is 7.76. The largest absolute Gasteiger partial charge is 0.487 e. The number of hydrogen-bond donors (Lipinski definition) is 1.